The summed E-state index contributed by atoms with van der Waals surface area (Å²) in [6.07, 6.45) is 3.24. The predicted molar refractivity (Wildman–Crippen MR) is 85.6 cm³/mol. The van der Waals surface area contributed by atoms with Crippen LogP contribution >= 0.6 is 0 Å². The Morgan fingerprint density at radius 3 is 2.30 bits per heavy atom. The third-order valence-electron chi connectivity index (χ3n) is 3.47. The Kier molecular flexibility index (Phi) is 4.03. The number of benzene rings is 2. The lowest BCUT2D eigenvalue weighted by molar-refractivity contribution is 0.618. The molecule has 0 aliphatic rings. The van der Waals surface area contributed by atoms with Gasteiger partial charge in [0.25, 0.3) is 0 Å². The zero-order valence-corrected chi connectivity index (χ0v) is 12.1. The molecule has 1 aromatic heterocycles. The van der Waals surface area contributed by atoms with Gasteiger partial charge < -0.3 is 4.57 Å². The first-order valence-electron chi connectivity index (χ1n) is 6.99. The lowest BCUT2D eigenvalue weighted by atomic mass is 10.1. The number of rotatable bonds is 3. The van der Waals surface area contributed by atoms with E-state index < -0.39 is 5.82 Å². The van der Waals surface area contributed by atoms with Crippen LogP contribution in [0.3, 0.4) is 0 Å². The van der Waals surface area contributed by atoms with Gasteiger partial charge in [0.1, 0.15) is 11.6 Å². The van der Waals surface area contributed by atoms with Crippen LogP contribution in [-0.2, 0) is 0 Å². The minimum absolute atomic E-state index is 0.180. The van der Waals surface area contributed by atoms with Gasteiger partial charge in [0.2, 0.25) is 0 Å². The zero-order valence-electron chi connectivity index (χ0n) is 12.1. The van der Waals surface area contributed by atoms with Crippen molar-refractivity contribution in [1.82, 2.24) is 4.57 Å². The summed E-state index contributed by atoms with van der Waals surface area (Å²) in [6, 6.07) is 17.9. The lowest BCUT2D eigenvalue weighted by Gasteiger charge is -2.08. The maximum atomic E-state index is 14.0. The number of aromatic nitrogens is 1. The second kappa shape index (κ2) is 6.29. The zero-order chi connectivity index (χ0) is 16.2. The number of hydrogen-bond donors (Lipinski definition) is 0. The van der Waals surface area contributed by atoms with Gasteiger partial charge in [-0.05, 0) is 36.4 Å². The van der Waals surface area contributed by atoms with Crippen molar-refractivity contribution in [3.05, 3.63) is 89.8 Å². The molecule has 4 heteroatoms. The fourth-order valence-corrected chi connectivity index (χ4v) is 2.38. The molecule has 0 spiro atoms. The van der Waals surface area contributed by atoms with Crippen molar-refractivity contribution in [1.29, 1.82) is 5.26 Å². The van der Waals surface area contributed by atoms with Crippen LogP contribution in [0.15, 0.2) is 66.9 Å². The van der Waals surface area contributed by atoms with Crippen LogP contribution in [0.5, 0.6) is 0 Å². The van der Waals surface area contributed by atoms with Crippen molar-refractivity contribution >= 4 is 11.6 Å². The molecule has 0 atom stereocenters. The molecule has 1 heterocycles. The first kappa shape index (κ1) is 14.7. The highest BCUT2D eigenvalue weighted by atomic mass is 19.1. The minimum atomic E-state index is -0.468. The molecule has 23 heavy (non-hydrogen) atoms. The fraction of sp³-hybridized carbons (Fsp3) is 0. The second-order valence-corrected chi connectivity index (χ2v) is 4.90. The van der Waals surface area contributed by atoms with Crippen LogP contribution in [0.4, 0.5) is 8.78 Å². The van der Waals surface area contributed by atoms with Gasteiger partial charge in [-0.25, -0.2) is 8.78 Å². The minimum Gasteiger partial charge on any atom is -0.314 e. The Morgan fingerprint density at radius 1 is 0.913 bits per heavy atom. The van der Waals surface area contributed by atoms with Gasteiger partial charge in [0.15, 0.2) is 0 Å². The van der Waals surface area contributed by atoms with Crippen LogP contribution < -0.4 is 0 Å². The van der Waals surface area contributed by atoms with E-state index in [1.165, 1.54) is 12.1 Å². The molecule has 3 rings (SSSR count). The van der Waals surface area contributed by atoms with E-state index in [2.05, 4.69) is 0 Å². The Balaban J connectivity index is 2.11. The number of para-hydroxylation sites is 1. The summed E-state index contributed by atoms with van der Waals surface area (Å²) in [5.41, 5.74) is 1.36. The average Bonchev–Trinajstić information content (AvgIpc) is 3.02. The summed E-state index contributed by atoms with van der Waals surface area (Å²) in [7, 11) is 0. The number of hydrogen-bond acceptors (Lipinski definition) is 1. The van der Waals surface area contributed by atoms with Gasteiger partial charge in [-0.3, -0.25) is 0 Å². The van der Waals surface area contributed by atoms with E-state index in [-0.39, 0.29) is 17.0 Å². The van der Waals surface area contributed by atoms with Gasteiger partial charge >= 0.3 is 0 Å². The monoisotopic (exact) mass is 306 g/mol. The van der Waals surface area contributed by atoms with E-state index in [1.54, 1.807) is 65.4 Å². The molecule has 2 nitrogen and oxygen atoms in total. The van der Waals surface area contributed by atoms with Crippen LogP contribution in [-0.4, -0.2) is 4.57 Å². The van der Waals surface area contributed by atoms with Crippen molar-refractivity contribution in [2.45, 2.75) is 0 Å². The quantitative estimate of drug-likeness (QED) is 0.638. The lowest BCUT2D eigenvalue weighted by Crippen LogP contribution is -1.98. The van der Waals surface area contributed by atoms with Crippen molar-refractivity contribution in [3.63, 3.8) is 0 Å². The SMILES string of the molecule is N#C/C(=C/c1cccn1-c1ccccc1F)c1ccccc1F. The number of nitrogens with zero attached hydrogens (tertiary/aromatic N) is 2. The molecule has 0 aliphatic carbocycles. The maximum Gasteiger partial charge on any atom is 0.147 e. The van der Waals surface area contributed by atoms with Crippen molar-refractivity contribution in [2.24, 2.45) is 0 Å². The van der Waals surface area contributed by atoms with Crippen molar-refractivity contribution in [3.8, 4) is 11.8 Å². The molecule has 0 amide bonds. The summed E-state index contributed by atoms with van der Waals surface area (Å²) in [6.45, 7) is 0. The molecule has 0 fully saturated rings. The Labute approximate surface area is 132 Å². The molecule has 2 aromatic carbocycles. The third kappa shape index (κ3) is 2.90. The van der Waals surface area contributed by atoms with Gasteiger partial charge in [0.05, 0.1) is 17.3 Å². The number of halogens is 2. The molecule has 0 N–H and O–H groups in total. The molecular formula is C19H12F2N2. The van der Waals surface area contributed by atoms with Gasteiger partial charge in [-0.1, -0.05) is 30.3 Å². The molecule has 0 aliphatic heterocycles. The molecule has 0 radical (unpaired) electrons. The van der Waals surface area contributed by atoms with Crippen molar-refractivity contribution < 1.29 is 8.78 Å². The van der Waals surface area contributed by atoms with E-state index >= 15 is 0 Å². The number of nitriles is 1. The van der Waals surface area contributed by atoms with Gasteiger partial charge in [-0.2, -0.15) is 5.26 Å². The average molecular weight is 306 g/mol. The molecule has 0 unspecified atom stereocenters. The molecule has 0 bridgehead atoms. The summed E-state index contributed by atoms with van der Waals surface area (Å²) >= 11 is 0. The third-order valence-corrected chi connectivity index (χ3v) is 3.47. The predicted octanol–water partition coefficient (Wildman–Crippen LogP) is 4.82. The first-order chi connectivity index (χ1) is 11.2. The highest BCUT2D eigenvalue weighted by Crippen LogP contribution is 2.23. The van der Waals surface area contributed by atoms with Crippen LogP contribution in [0.1, 0.15) is 11.3 Å². The largest absolute Gasteiger partial charge is 0.314 e. The standard InChI is InChI=1S/C19H12F2N2/c20-17-8-2-1-7-16(17)14(13-22)12-15-6-5-11-23(15)19-10-4-3-9-18(19)21/h1-12H/b14-12-. The topological polar surface area (TPSA) is 28.7 Å². The Bertz CT molecular complexity index is 917. The summed E-state index contributed by atoms with van der Waals surface area (Å²) < 4.78 is 29.5. The van der Waals surface area contributed by atoms with Crippen LogP contribution in [0, 0.1) is 23.0 Å². The van der Waals surface area contributed by atoms with Crippen LogP contribution in [0.25, 0.3) is 17.3 Å². The van der Waals surface area contributed by atoms with E-state index in [0.717, 1.165) is 0 Å². The van der Waals surface area contributed by atoms with E-state index in [4.69, 9.17) is 0 Å². The highest BCUT2D eigenvalue weighted by molar-refractivity contribution is 5.89. The Morgan fingerprint density at radius 2 is 1.61 bits per heavy atom. The van der Waals surface area contributed by atoms with E-state index in [9.17, 15) is 14.0 Å². The van der Waals surface area contributed by atoms with Gasteiger partial charge in [-0.15, -0.1) is 0 Å². The maximum absolute atomic E-state index is 14.0. The fourth-order valence-electron chi connectivity index (χ4n) is 2.38. The van der Waals surface area contributed by atoms with E-state index in [1.807, 2.05) is 6.07 Å². The smallest absolute Gasteiger partial charge is 0.147 e. The molecule has 3 aromatic rings. The molecule has 112 valence electrons. The highest BCUT2D eigenvalue weighted by Gasteiger charge is 2.10. The van der Waals surface area contributed by atoms with Crippen molar-refractivity contribution in [2.75, 3.05) is 0 Å². The van der Waals surface area contributed by atoms with E-state index in [0.29, 0.717) is 11.4 Å². The molecular weight excluding hydrogens is 294 g/mol. The summed E-state index contributed by atoms with van der Waals surface area (Å²) in [5, 5.41) is 9.35. The summed E-state index contributed by atoms with van der Waals surface area (Å²) in [4.78, 5) is 0. The molecule has 0 saturated heterocycles. The van der Waals surface area contributed by atoms with Gasteiger partial charge in [0, 0.05) is 17.5 Å². The second-order valence-electron chi connectivity index (χ2n) is 4.90. The number of allylic oxidation sites excluding steroid dienone is 1. The Hall–Kier alpha value is -3.19. The van der Waals surface area contributed by atoms with Crippen LogP contribution in [0.2, 0.25) is 0 Å². The molecule has 0 saturated carbocycles. The first-order valence-corrected chi connectivity index (χ1v) is 6.99. The normalized spacial score (nSPS) is 11.3. The summed E-state index contributed by atoms with van der Waals surface area (Å²) in [5.74, 6) is -0.841.